The van der Waals surface area contributed by atoms with Crippen LogP contribution in [0.1, 0.15) is 54.6 Å². The van der Waals surface area contributed by atoms with Crippen LogP contribution in [0.2, 0.25) is 0 Å². The summed E-state index contributed by atoms with van der Waals surface area (Å²) in [6.07, 6.45) is 4.38. The number of esters is 1. The van der Waals surface area contributed by atoms with Gasteiger partial charge in [0, 0.05) is 31.9 Å². The van der Waals surface area contributed by atoms with Gasteiger partial charge in [-0.3, -0.25) is 14.5 Å². The molecule has 7 nitrogen and oxygen atoms in total. The van der Waals surface area contributed by atoms with Crippen molar-refractivity contribution in [2.75, 3.05) is 26.2 Å². The molecular weight excluding hydrogens is 416 g/mol. The number of rotatable bonds is 6. The molecule has 1 aromatic carbocycles. The Morgan fingerprint density at radius 1 is 1.18 bits per heavy atom. The van der Waals surface area contributed by atoms with Crippen molar-refractivity contribution < 1.29 is 14.3 Å². The third-order valence-corrected chi connectivity index (χ3v) is 6.82. The largest absolute Gasteiger partial charge is 0.466 e. The number of ether oxygens (including phenoxy) is 1. The maximum atomic E-state index is 13.5. The lowest BCUT2D eigenvalue weighted by Gasteiger charge is -2.32. The zero-order valence-corrected chi connectivity index (χ0v) is 20.1. The summed E-state index contributed by atoms with van der Waals surface area (Å²) in [4.78, 5) is 27.8. The SMILES string of the molecule is CCOC(=O)[C@@H]1CCCN(CC(=O)N2N=C(c3ccc(C)c(C)c3)C[C@H]2c2cccn2C)C1. The fourth-order valence-corrected chi connectivity index (χ4v) is 4.80. The van der Waals surface area contributed by atoms with Crippen molar-refractivity contribution >= 4 is 17.6 Å². The Morgan fingerprint density at radius 3 is 2.70 bits per heavy atom. The zero-order chi connectivity index (χ0) is 23.5. The first-order valence-electron chi connectivity index (χ1n) is 11.8. The molecule has 1 fully saturated rings. The summed E-state index contributed by atoms with van der Waals surface area (Å²) in [5.41, 5.74) is 5.52. The van der Waals surface area contributed by atoms with Crippen molar-refractivity contribution in [3.8, 4) is 0 Å². The number of nitrogens with zero attached hydrogens (tertiary/aromatic N) is 4. The van der Waals surface area contributed by atoms with E-state index in [-0.39, 0.29) is 30.4 Å². The summed E-state index contributed by atoms with van der Waals surface area (Å²) in [6, 6.07) is 10.3. The number of hydrazone groups is 1. The number of hydrogen-bond acceptors (Lipinski definition) is 5. The van der Waals surface area contributed by atoms with E-state index in [1.54, 1.807) is 5.01 Å². The van der Waals surface area contributed by atoms with E-state index in [1.165, 1.54) is 11.1 Å². The van der Waals surface area contributed by atoms with Gasteiger partial charge in [0.05, 0.1) is 24.8 Å². The van der Waals surface area contributed by atoms with E-state index in [1.807, 2.05) is 26.2 Å². The van der Waals surface area contributed by atoms with Crippen LogP contribution >= 0.6 is 0 Å². The number of aryl methyl sites for hydroxylation is 3. The molecular formula is C26H34N4O3. The standard InChI is InChI=1S/C26H34N4O3/c1-5-33-26(32)21-8-6-13-29(16-21)17-25(31)30-24(23-9-7-12-28(23)4)15-22(27-30)20-11-10-18(2)19(3)14-20/h7,9-12,14,21,24H,5-6,8,13,15-17H2,1-4H3/t21-,24+/m1/s1. The lowest BCUT2D eigenvalue weighted by atomic mass is 9.98. The fraction of sp³-hybridized carbons (Fsp3) is 0.500. The molecule has 4 rings (SSSR count). The number of carbonyl (C=O) groups is 2. The van der Waals surface area contributed by atoms with Crippen molar-refractivity contribution in [2.24, 2.45) is 18.1 Å². The summed E-state index contributed by atoms with van der Waals surface area (Å²) >= 11 is 0. The highest BCUT2D eigenvalue weighted by atomic mass is 16.5. The van der Waals surface area contributed by atoms with Gasteiger partial charge in [-0.05, 0) is 75.0 Å². The van der Waals surface area contributed by atoms with E-state index in [0.29, 0.717) is 19.6 Å². The molecule has 0 saturated carbocycles. The summed E-state index contributed by atoms with van der Waals surface area (Å²) in [5, 5.41) is 6.49. The van der Waals surface area contributed by atoms with Crippen molar-refractivity contribution in [3.05, 3.63) is 58.9 Å². The molecule has 176 valence electrons. The first-order valence-corrected chi connectivity index (χ1v) is 11.8. The lowest BCUT2D eigenvalue weighted by molar-refractivity contribution is -0.150. The highest BCUT2D eigenvalue weighted by Crippen LogP contribution is 2.33. The van der Waals surface area contributed by atoms with E-state index in [0.717, 1.165) is 36.4 Å². The minimum atomic E-state index is -0.164. The molecule has 3 heterocycles. The number of piperidine rings is 1. The zero-order valence-electron chi connectivity index (χ0n) is 20.1. The van der Waals surface area contributed by atoms with Gasteiger partial charge in [0.1, 0.15) is 6.04 Å². The van der Waals surface area contributed by atoms with Crippen LogP contribution in [0.5, 0.6) is 0 Å². The molecule has 2 atom stereocenters. The molecule has 0 radical (unpaired) electrons. The first-order chi connectivity index (χ1) is 15.9. The van der Waals surface area contributed by atoms with Crippen LogP contribution in [0.25, 0.3) is 0 Å². The third-order valence-electron chi connectivity index (χ3n) is 6.82. The second kappa shape index (κ2) is 9.91. The monoisotopic (exact) mass is 450 g/mol. The third kappa shape index (κ3) is 5.03. The normalized spacial score (nSPS) is 21.2. The molecule has 0 unspecified atom stereocenters. The molecule has 0 N–H and O–H groups in total. The van der Waals surface area contributed by atoms with Gasteiger partial charge in [-0.15, -0.1) is 0 Å². The topological polar surface area (TPSA) is 67.1 Å². The lowest BCUT2D eigenvalue weighted by Crippen LogP contribution is -2.45. The molecule has 7 heteroatoms. The van der Waals surface area contributed by atoms with E-state index in [4.69, 9.17) is 9.84 Å². The number of likely N-dealkylation sites (tertiary alicyclic amines) is 1. The highest BCUT2D eigenvalue weighted by molar-refractivity contribution is 6.03. The summed E-state index contributed by atoms with van der Waals surface area (Å²) in [6.45, 7) is 8.02. The van der Waals surface area contributed by atoms with E-state index in [2.05, 4.69) is 47.6 Å². The fourth-order valence-electron chi connectivity index (χ4n) is 4.80. The molecule has 2 aliphatic heterocycles. The molecule has 33 heavy (non-hydrogen) atoms. The molecule has 2 aromatic rings. The van der Waals surface area contributed by atoms with Gasteiger partial charge < -0.3 is 9.30 Å². The molecule has 1 saturated heterocycles. The summed E-state index contributed by atoms with van der Waals surface area (Å²) in [5.74, 6) is -0.361. The maximum absolute atomic E-state index is 13.5. The molecule has 1 amide bonds. The van der Waals surface area contributed by atoms with Gasteiger partial charge in [0.25, 0.3) is 5.91 Å². The Hall–Kier alpha value is -2.93. The highest BCUT2D eigenvalue weighted by Gasteiger charge is 2.36. The minimum Gasteiger partial charge on any atom is -0.466 e. The number of benzene rings is 1. The Bertz CT molecular complexity index is 1060. The van der Waals surface area contributed by atoms with Gasteiger partial charge in [0.15, 0.2) is 0 Å². The van der Waals surface area contributed by atoms with Crippen LogP contribution in [-0.2, 0) is 21.4 Å². The second-order valence-corrected chi connectivity index (χ2v) is 9.17. The smallest absolute Gasteiger partial charge is 0.310 e. The van der Waals surface area contributed by atoms with Gasteiger partial charge >= 0.3 is 5.97 Å². The minimum absolute atomic E-state index is 0.0375. The van der Waals surface area contributed by atoms with Crippen LogP contribution in [0.15, 0.2) is 41.6 Å². The van der Waals surface area contributed by atoms with Crippen molar-refractivity contribution in [3.63, 3.8) is 0 Å². The van der Waals surface area contributed by atoms with Gasteiger partial charge in [-0.1, -0.05) is 12.1 Å². The van der Waals surface area contributed by atoms with Crippen LogP contribution in [-0.4, -0.2) is 58.3 Å². The van der Waals surface area contributed by atoms with Crippen LogP contribution in [0.4, 0.5) is 0 Å². The molecule has 1 aromatic heterocycles. The van der Waals surface area contributed by atoms with Gasteiger partial charge in [-0.2, -0.15) is 5.10 Å². The average Bonchev–Trinajstić information content (AvgIpc) is 3.42. The molecule has 0 bridgehead atoms. The Balaban J connectivity index is 1.54. The maximum Gasteiger partial charge on any atom is 0.310 e. The predicted octanol–water partition coefficient (Wildman–Crippen LogP) is 3.59. The number of carbonyl (C=O) groups excluding carboxylic acids is 2. The van der Waals surface area contributed by atoms with E-state index in [9.17, 15) is 9.59 Å². The van der Waals surface area contributed by atoms with Crippen LogP contribution in [0, 0.1) is 19.8 Å². The Labute approximate surface area is 196 Å². The average molecular weight is 451 g/mol. The molecule has 0 spiro atoms. The number of aromatic nitrogens is 1. The summed E-state index contributed by atoms with van der Waals surface area (Å²) < 4.78 is 7.27. The quantitative estimate of drug-likeness (QED) is 0.631. The Kier molecular flexibility index (Phi) is 6.98. The van der Waals surface area contributed by atoms with E-state index < -0.39 is 0 Å². The number of amides is 1. The predicted molar refractivity (Wildman–Crippen MR) is 128 cm³/mol. The Morgan fingerprint density at radius 2 is 2.00 bits per heavy atom. The molecule has 0 aliphatic carbocycles. The van der Waals surface area contributed by atoms with Crippen LogP contribution < -0.4 is 0 Å². The van der Waals surface area contributed by atoms with Gasteiger partial charge in [0.2, 0.25) is 0 Å². The van der Waals surface area contributed by atoms with Crippen molar-refractivity contribution in [2.45, 2.75) is 46.1 Å². The van der Waals surface area contributed by atoms with Crippen LogP contribution in [0.3, 0.4) is 0 Å². The second-order valence-electron chi connectivity index (χ2n) is 9.17. The van der Waals surface area contributed by atoms with Gasteiger partial charge in [-0.25, -0.2) is 5.01 Å². The molecule has 2 aliphatic rings. The summed E-state index contributed by atoms with van der Waals surface area (Å²) in [7, 11) is 2.00. The van der Waals surface area contributed by atoms with Crippen molar-refractivity contribution in [1.82, 2.24) is 14.5 Å². The van der Waals surface area contributed by atoms with E-state index >= 15 is 0 Å². The first kappa shape index (κ1) is 23.2. The number of hydrogen-bond donors (Lipinski definition) is 0. The van der Waals surface area contributed by atoms with Crippen molar-refractivity contribution in [1.29, 1.82) is 0 Å².